The van der Waals surface area contributed by atoms with Crippen LogP contribution >= 0.6 is 11.6 Å². The van der Waals surface area contributed by atoms with E-state index in [1.165, 1.54) is 12.1 Å². The highest BCUT2D eigenvalue weighted by Gasteiger charge is 2.20. The molecule has 1 heterocycles. The van der Waals surface area contributed by atoms with Crippen molar-refractivity contribution in [1.82, 2.24) is 20.6 Å². The first kappa shape index (κ1) is 21.1. The number of aryl methyl sites for hydroxylation is 1. The fraction of sp³-hybridized carbons (Fsp3) is 0.238. The Kier molecular flexibility index (Phi) is 6.76. The topological polar surface area (TPSA) is 96.1 Å². The van der Waals surface area contributed by atoms with E-state index in [0.717, 1.165) is 5.56 Å². The second-order valence-electron chi connectivity index (χ2n) is 6.72. The molecule has 0 saturated carbocycles. The molecule has 0 saturated heterocycles. The molecule has 2 atom stereocenters. The minimum atomic E-state index is -1.22. The molecule has 0 bridgehead atoms. The van der Waals surface area contributed by atoms with Gasteiger partial charge in [-0.1, -0.05) is 35.9 Å². The normalized spacial score (nSPS) is 13.3. The molecule has 6 nitrogen and oxygen atoms in total. The summed E-state index contributed by atoms with van der Waals surface area (Å²) in [7, 11) is 1.80. The molecular weight excluding hydrogens is 393 g/mol. The van der Waals surface area contributed by atoms with Crippen LogP contribution in [-0.2, 0) is 0 Å². The van der Waals surface area contributed by atoms with Crippen LogP contribution in [0.1, 0.15) is 29.1 Å². The molecule has 152 valence electrons. The summed E-state index contributed by atoms with van der Waals surface area (Å²) < 4.78 is 14.8. The van der Waals surface area contributed by atoms with E-state index in [-0.39, 0.29) is 17.4 Å². The number of aliphatic hydroxyl groups excluding tert-OH is 1. The van der Waals surface area contributed by atoms with Gasteiger partial charge in [-0.15, -0.1) is 0 Å². The van der Waals surface area contributed by atoms with Crippen molar-refractivity contribution in [1.29, 1.82) is 0 Å². The molecule has 0 fully saturated rings. The van der Waals surface area contributed by atoms with Crippen molar-refractivity contribution in [2.45, 2.75) is 19.2 Å². The van der Waals surface area contributed by atoms with E-state index in [1.54, 1.807) is 32.3 Å². The zero-order valence-electron chi connectivity index (χ0n) is 16.2. The number of aromatic nitrogens is 2. The largest absolute Gasteiger partial charge is 0.382 e. The van der Waals surface area contributed by atoms with Crippen molar-refractivity contribution in [2.75, 3.05) is 19.3 Å². The zero-order valence-corrected chi connectivity index (χ0v) is 16.9. The van der Waals surface area contributed by atoms with E-state index in [4.69, 9.17) is 17.3 Å². The average Bonchev–Trinajstić information content (AvgIpc) is 2.69. The van der Waals surface area contributed by atoms with Crippen LogP contribution < -0.4 is 16.4 Å². The summed E-state index contributed by atoms with van der Waals surface area (Å²) in [5.74, 6) is -0.351. The summed E-state index contributed by atoms with van der Waals surface area (Å²) >= 11 is 6.08. The van der Waals surface area contributed by atoms with Crippen molar-refractivity contribution >= 4 is 17.4 Å². The predicted octanol–water partition coefficient (Wildman–Crippen LogP) is 3.37. The lowest BCUT2D eigenvalue weighted by atomic mass is 10.0. The second-order valence-corrected chi connectivity index (χ2v) is 7.15. The van der Waals surface area contributed by atoms with Gasteiger partial charge in [0.05, 0.1) is 11.9 Å². The molecule has 3 aromatic rings. The number of benzene rings is 2. The number of anilines is 1. The van der Waals surface area contributed by atoms with Gasteiger partial charge in [0.2, 0.25) is 0 Å². The number of hydrogen-bond acceptors (Lipinski definition) is 6. The van der Waals surface area contributed by atoms with Crippen molar-refractivity contribution < 1.29 is 9.50 Å². The van der Waals surface area contributed by atoms with Crippen molar-refractivity contribution in [3.8, 4) is 11.3 Å². The molecule has 0 aliphatic heterocycles. The molecule has 8 heteroatoms. The van der Waals surface area contributed by atoms with Gasteiger partial charge in [-0.2, -0.15) is 0 Å². The van der Waals surface area contributed by atoms with Gasteiger partial charge in [-0.05, 0) is 37.7 Å². The summed E-state index contributed by atoms with van der Waals surface area (Å²) in [6, 6.07) is 11.5. The number of likely N-dealkylation sites (N-methyl/N-ethyl adjacent to an activating group) is 1. The number of nitrogen functional groups attached to an aromatic ring is 1. The maximum atomic E-state index is 14.8. The number of nitrogens with zero attached hydrogens (tertiary/aromatic N) is 2. The molecule has 1 aromatic heterocycles. The van der Waals surface area contributed by atoms with Gasteiger partial charge in [0.15, 0.2) is 0 Å². The Morgan fingerprint density at radius 2 is 2.03 bits per heavy atom. The molecule has 0 radical (unpaired) electrons. The van der Waals surface area contributed by atoms with Gasteiger partial charge >= 0.3 is 0 Å². The third kappa shape index (κ3) is 5.07. The first-order valence-electron chi connectivity index (χ1n) is 9.12. The molecule has 0 unspecified atom stereocenters. The Balaban J connectivity index is 1.85. The Bertz CT molecular complexity index is 1000. The Hall–Kier alpha value is -2.58. The molecule has 0 aliphatic carbocycles. The lowest BCUT2D eigenvalue weighted by molar-refractivity contribution is 0.119. The fourth-order valence-electron chi connectivity index (χ4n) is 3.08. The molecule has 0 spiro atoms. The third-order valence-electron chi connectivity index (χ3n) is 4.51. The Morgan fingerprint density at radius 1 is 1.24 bits per heavy atom. The van der Waals surface area contributed by atoms with Crippen LogP contribution in [0.15, 0.2) is 48.7 Å². The molecule has 2 aromatic carbocycles. The fourth-order valence-corrected chi connectivity index (χ4v) is 3.27. The van der Waals surface area contributed by atoms with Crippen LogP contribution in [0.3, 0.4) is 0 Å². The molecule has 0 aliphatic rings. The van der Waals surface area contributed by atoms with E-state index < -0.39 is 12.0 Å². The van der Waals surface area contributed by atoms with Crippen LogP contribution in [0.25, 0.3) is 11.3 Å². The van der Waals surface area contributed by atoms with E-state index in [0.29, 0.717) is 28.5 Å². The van der Waals surface area contributed by atoms with Crippen LogP contribution in [0, 0.1) is 12.7 Å². The monoisotopic (exact) mass is 415 g/mol. The second kappa shape index (κ2) is 9.28. The predicted molar refractivity (Wildman–Crippen MR) is 113 cm³/mol. The molecule has 0 amide bonds. The highest BCUT2D eigenvalue weighted by Crippen LogP contribution is 2.27. The van der Waals surface area contributed by atoms with Gasteiger partial charge in [0.25, 0.3) is 0 Å². The van der Waals surface area contributed by atoms with Gasteiger partial charge in [-0.3, -0.25) is 5.32 Å². The summed E-state index contributed by atoms with van der Waals surface area (Å²) in [5.41, 5.74) is 8.45. The van der Waals surface area contributed by atoms with Crippen molar-refractivity contribution in [3.05, 3.63) is 76.3 Å². The minimum Gasteiger partial charge on any atom is -0.382 e. The van der Waals surface area contributed by atoms with E-state index >= 15 is 0 Å². The van der Waals surface area contributed by atoms with E-state index in [9.17, 15) is 9.50 Å². The Morgan fingerprint density at radius 3 is 2.72 bits per heavy atom. The van der Waals surface area contributed by atoms with Gasteiger partial charge in [0.1, 0.15) is 23.6 Å². The highest BCUT2D eigenvalue weighted by molar-refractivity contribution is 6.30. The molecule has 5 N–H and O–H groups in total. The maximum absolute atomic E-state index is 14.8. The van der Waals surface area contributed by atoms with Crippen LogP contribution in [0.4, 0.5) is 10.2 Å². The standard InChI is InChI=1S/C21H23ClFN5O/c1-12-10-26-20(24)19(27-12)14-6-7-16(17(23)9-14)21(29)28-18(11-25-2)13-4-3-5-15(22)8-13/h3-10,18,21,25,28-29H,11H2,1-2H3,(H2,24,26)/t18-,21+/m1/s1. The SMILES string of the molecule is CNC[C@@H](N[C@@H](O)c1ccc(-c2nc(C)cnc2N)cc1F)c1cccc(Cl)c1. The number of nitrogens with one attached hydrogen (secondary N) is 2. The first-order chi connectivity index (χ1) is 13.9. The maximum Gasteiger partial charge on any atom is 0.150 e. The summed E-state index contributed by atoms with van der Waals surface area (Å²) in [6.07, 6.45) is 0.331. The molecular formula is C21H23ClFN5O. The van der Waals surface area contributed by atoms with Crippen molar-refractivity contribution in [3.63, 3.8) is 0 Å². The van der Waals surface area contributed by atoms with Crippen LogP contribution in [0.2, 0.25) is 5.02 Å². The molecule has 29 heavy (non-hydrogen) atoms. The lowest BCUT2D eigenvalue weighted by Gasteiger charge is -2.24. The number of rotatable bonds is 7. The minimum absolute atomic E-state index is 0.121. The zero-order chi connectivity index (χ0) is 21.0. The number of aliphatic hydroxyl groups is 1. The van der Waals surface area contributed by atoms with Gasteiger partial charge in [0, 0.05) is 28.7 Å². The first-order valence-corrected chi connectivity index (χ1v) is 9.50. The van der Waals surface area contributed by atoms with Crippen LogP contribution in [-0.4, -0.2) is 28.7 Å². The number of halogens is 2. The average molecular weight is 416 g/mol. The quantitative estimate of drug-likeness (QED) is 0.442. The molecule has 3 rings (SSSR count). The lowest BCUT2D eigenvalue weighted by Crippen LogP contribution is -2.33. The van der Waals surface area contributed by atoms with Gasteiger partial charge in [-0.25, -0.2) is 14.4 Å². The summed E-state index contributed by atoms with van der Waals surface area (Å²) in [5, 5.41) is 17.3. The van der Waals surface area contributed by atoms with E-state index in [2.05, 4.69) is 20.6 Å². The number of nitrogens with two attached hydrogens (primary N) is 1. The number of hydrogen-bond donors (Lipinski definition) is 4. The van der Waals surface area contributed by atoms with Gasteiger partial charge < -0.3 is 16.2 Å². The van der Waals surface area contributed by atoms with Crippen LogP contribution in [0.5, 0.6) is 0 Å². The van der Waals surface area contributed by atoms with E-state index in [1.807, 2.05) is 18.2 Å². The third-order valence-corrected chi connectivity index (χ3v) is 4.74. The summed E-state index contributed by atoms with van der Waals surface area (Å²) in [4.78, 5) is 8.38. The summed E-state index contributed by atoms with van der Waals surface area (Å²) in [6.45, 7) is 2.30. The van der Waals surface area contributed by atoms with Crippen molar-refractivity contribution in [2.24, 2.45) is 0 Å². The highest BCUT2D eigenvalue weighted by atomic mass is 35.5. The Labute approximate surface area is 174 Å². The smallest absolute Gasteiger partial charge is 0.150 e.